The summed E-state index contributed by atoms with van der Waals surface area (Å²) in [6, 6.07) is 32.8. The Kier molecular flexibility index (Phi) is 5.56. The number of fused-ring (bicyclic) bond motifs is 1. The van der Waals surface area contributed by atoms with E-state index in [-0.39, 0.29) is 28.5 Å². The lowest BCUT2D eigenvalue weighted by molar-refractivity contribution is 0.0988. The first kappa shape index (κ1) is 21.8. The average Bonchev–Trinajstić information content (AvgIpc) is 3.50. The molecule has 5 aromatic rings. The highest BCUT2D eigenvalue weighted by Gasteiger charge is 2.35. The summed E-state index contributed by atoms with van der Waals surface area (Å²) in [7, 11) is 0. The first-order valence-corrected chi connectivity index (χ1v) is 12.2. The van der Waals surface area contributed by atoms with Crippen LogP contribution in [0.25, 0.3) is 16.5 Å². The van der Waals surface area contributed by atoms with E-state index < -0.39 is 0 Å². The Morgan fingerprint density at radius 1 is 0.611 bits per heavy atom. The van der Waals surface area contributed by atoms with Crippen molar-refractivity contribution in [3.8, 4) is 10.4 Å². The van der Waals surface area contributed by atoms with Crippen molar-refractivity contribution >= 4 is 46.0 Å². The third-order valence-electron chi connectivity index (χ3n) is 5.97. The smallest absolute Gasteiger partial charge is 0.217 e. The molecule has 0 bridgehead atoms. The van der Waals surface area contributed by atoms with Crippen LogP contribution in [-0.4, -0.2) is 21.5 Å². The van der Waals surface area contributed by atoms with E-state index in [1.807, 2.05) is 48.5 Å². The van der Waals surface area contributed by atoms with Gasteiger partial charge < -0.3 is 4.90 Å². The first-order valence-electron chi connectivity index (χ1n) is 11.4. The molecule has 1 aliphatic carbocycles. The molecule has 0 amide bonds. The molecule has 6 rings (SSSR count). The van der Waals surface area contributed by atoms with Crippen LogP contribution < -0.4 is 4.90 Å². The molecule has 0 unspecified atom stereocenters. The van der Waals surface area contributed by atoms with Gasteiger partial charge in [0.25, 0.3) is 0 Å². The molecular weight excluding hydrogens is 466 g/mol. The Hall–Kier alpha value is -4.68. The van der Waals surface area contributed by atoms with Crippen LogP contribution in [0.5, 0.6) is 0 Å². The van der Waals surface area contributed by atoms with E-state index in [4.69, 9.17) is 0 Å². The number of Topliss-reactive ketones (excluding diaryl/α,β-unsaturated/α-hetero) is 2. The number of allylic oxidation sites excluding steroid dienone is 1. The minimum atomic E-state index is -0.371. The molecule has 172 valence electrons. The SMILES string of the molecule is O=C1C(=Cc2ccc(-c3ccc(N(c4ccccc4)c4ccccc4)cc3)s2)C(=O)c2nccnc21. The van der Waals surface area contributed by atoms with Gasteiger partial charge in [0.05, 0.1) is 5.57 Å². The Bertz CT molecular complexity index is 1530. The molecular formula is C30H19N3O2S. The van der Waals surface area contributed by atoms with E-state index in [0.717, 1.165) is 32.4 Å². The van der Waals surface area contributed by atoms with Crippen LogP contribution in [0.15, 0.2) is 115 Å². The minimum absolute atomic E-state index is 0.112. The number of hydrogen-bond donors (Lipinski definition) is 0. The second-order valence-corrected chi connectivity index (χ2v) is 9.34. The van der Waals surface area contributed by atoms with Crippen molar-refractivity contribution in [3.05, 3.63) is 131 Å². The lowest BCUT2D eigenvalue weighted by Crippen LogP contribution is -2.09. The van der Waals surface area contributed by atoms with Crippen LogP contribution in [-0.2, 0) is 0 Å². The molecule has 0 spiro atoms. The maximum absolute atomic E-state index is 12.6. The van der Waals surface area contributed by atoms with E-state index in [2.05, 4.69) is 63.4 Å². The number of nitrogens with zero attached hydrogens (tertiary/aromatic N) is 3. The van der Waals surface area contributed by atoms with Gasteiger partial charge >= 0.3 is 0 Å². The van der Waals surface area contributed by atoms with Gasteiger partial charge in [0, 0.05) is 39.2 Å². The Morgan fingerprint density at radius 3 is 1.69 bits per heavy atom. The predicted molar refractivity (Wildman–Crippen MR) is 143 cm³/mol. The topological polar surface area (TPSA) is 63.2 Å². The Labute approximate surface area is 212 Å². The minimum Gasteiger partial charge on any atom is -0.311 e. The molecule has 2 aromatic heterocycles. The van der Waals surface area contributed by atoms with E-state index in [9.17, 15) is 9.59 Å². The number of benzene rings is 3. The lowest BCUT2D eigenvalue weighted by atomic mass is 10.1. The molecule has 0 saturated carbocycles. The number of aromatic nitrogens is 2. The highest BCUT2D eigenvalue weighted by atomic mass is 32.1. The molecule has 3 aromatic carbocycles. The summed E-state index contributed by atoms with van der Waals surface area (Å²) in [4.78, 5) is 37.4. The molecule has 0 aliphatic heterocycles. The molecule has 0 radical (unpaired) electrons. The molecule has 0 saturated heterocycles. The van der Waals surface area contributed by atoms with Gasteiger partial charge in [0.2, 0.25) is 11.6 Å². The summed E-state index contributed by atoms with van der Waals surface area (Å²) in [5.74, 6) is -0.742. The van der Waals surface area contributed by atoms with Crippen molar-refractivity contribution in [2.24, 2.45) is 0 Å². The number of thiophene rings is 1. The van der Waals surface area contributed by atoms with Crippen LogP contribution in [0.1, 0.15) is 25.9 Å². The molecule has 2 heterocycles. The zero-order valence-electron chi connectivity index (χ0n) is 19.0. The fourth-order valence-electron chi connectivity index (χ4n) is 4.26. The van der Waals surface area contributed by atoms with E-state index in [0.29, 0.717) is 0 Å². The summed E-state index contributed by atoms with van der Waals surface area (Å²) in [5.41, 5.74) is 4.64. The van der Waals surface area contributed by atoms with Crippen molar-refractivity contribution < 1.29 is 9.59 Å². The molecule has 0 fully saturated rings. The highest BCUT2D eigenvalue weighted by Crippen LogP contribution is 2.37. The fourth-order valence-corrected chi connectivity index (χ4v) is 5.22. The second kappa shape index (κ2) is 9.17. The van der Waals surface area contributed by atoms with Gasteiger partial charge in [-0.1, -0.05) is 48.5 Å². The molecule has 36 heavy (non-hydrogen) atoms. The highest BCUT2D eigenvalue weighted by molar-refractivity contribution is 7.16. The van der Waals surface area contributed by atoms with E-state index >= 15 is 0 Å². The maximum atomic E-state index is 12.6. The molecule has 6 heteroatoms. The number of para-hydroxylation sites is 2. The van der Waals surface area contributed by atoms with Crippen LogP contribution in [0.3, 0.4) is 0 Å². The zero-order chi connectivity index (χ0) is 24.5. The monoisotopic (exact) mass is 485 g/mol. The quantitative estimate of drug-likeness (QED) is 0.196. The number of hydrogen-bond acceptors (Lipinski definition) is 6. The van der Waals surface area contributed by atoms with Crippen molar-refractivity contribution in [2.75, 3.05) is 4.90 Å². The number of rotatable bonds is 5. The first-order chi connectivity index (χ1) is 17.7. The molecule has 0 atom stereocenters. The summed E-state index contributed by atoms with van der Waals surface area (Å²) in [6.45, 7) is 0. The predicted octanol–water partition coefficient (Wildman–Crippen LogP) is 7.14. The van der Waals surface area contributed by atoms with Crippen molar-refractivity contribution in [2.45, 2.75) is 0 Å². The standard InChI is InChI=1S/C30H19N3O2S/c34-29-25(30(35)28-27(29)31-17-18-32-28)19-24-15-16-26(36-24)20-11-13-23(14-12-20)33(21-7-3-1-4-8-21)22-9-5-2-6-10-22/h1-19H. The average molecular weight is 486 g/mol. The van der Waals surface area contributed by atoms with E-state index in [1.54, 1.807) is 6.08 Å². The Balaban J connectivity index is 1.29. The summed E-state index contributed by atoms with van der Waals surface area (Å²) >= 11 is 1.53. The van der Waals surface area contributed by atoms with Gasteiger partial charge in [-0.25, -0.2) is 9.97 Å². The van der Waals surface area contributed by atoms with Crippen LogP contribution >= 0.6 is 11.3 Å². The van der Waals surface area contributed by atoms with Crippen molar-refractivity contribution in [3.63, 3.8) is 0 Å². The fraction of sp³-hybridized carbons (Fsp3) is 0. The van der Waals surface area contributed by atoms with Crippen LogP contribution in [0.4, 0.5) is 17.1 Å². The number of carbonyl (C=O) groups excluding carboxylic acids is 2. The Morgan fingerprint density at radius 2 is 1.14 bits per heavy atom. The third-order valence-corrected chi connectivity index (χ3v) is 7.05. The summed E-state index contributed by atoms with van der Waals surface area (Å²) < 4.78 is 0. The van der Waals surface area contributed by atoms with Gasteiger partial charge in [-0.2, -0.15) is 0 Å². The van der Waals surface area contributed by atoms with Crippen molar-refractivity contribution in [1.82, 2.24) is 9.97 Å². The van der Waals surface area contributed by atoms with Gasteiger partial charge in [-0.3, -0.25) is 9.59 Å². The zero-order valence-corrected chi connectivity index (χ0v) is 19.9. The second-order valence-electron chi connectivity index (χ2n) is 8.23. The summed E-state index contributed by atoms with van der Waals surface area (Å²) in [5, 5.41) is 0. The molecule has 5 nitrogen and oxygen atoms in total. The van der Waals surface area contributed by atoms with E-state index in [1.165, 1.54) is 23.7 Å². The van der Waals surface area contributed by atoms with Crippen LogP contribution in [0.2, 0.25) is 0 Å². The number of ketones is 2. The van der Waals surface area contributed by atoms with Crippen molar-refractivity contribution in [1.29, 1.82) is 0 Å². The van der Waals surface area contributed by atoms with Gasteiger partial charge in [-0.15, -0.1) is 11.3 Å². The van der Waals surface area contributed by atoms with Gasteiger partial charge in [0.15, 0.2) is 0 Å². The largest absolute Gasteiger partial charge is 0.311 e. The maximum Gasteiger partial charge on any atom is 0.217 e. The van der Waals surface area contributed by atoms with Gasteiger partial charge in [-0.05, 0) is 60.2 Å². The lowest BCUT2D eigenvalue weighted by Gasteiger charge is -2.25. The number of anilines is 3. The van der Waals surface area contributed by atoms with Crippen LogP contribution in [0, 0.1) is 0 Å². The normalized spacial score (nSPS) is 12.5. The molecule has 1 aliphatic rings. The third kappa shape index (κ3) is 3.93. The number of carbonyl (C=O) groups is 2. The summed E-state index contributed by atoms with van der Waals surface area (Å²) in [6.07, 6.45) is 4.50. The molecule has 0 N–H and O–H groups in total. The van der Waals surface area contributed by atoms with Gasteiger partial charge in [0.1, 0.15) is 11.4 Å².